The summed E-state index contributed by atoms with van der Waals surface area (Å²) in [5.41, 5.74) is 0. The average molecular weight is 300 g/mol. The van der Waals surface area contributed by atoms with Crippen LogP contribution in [0.3, 0.4) is 0 Å². The van der Waals surface area contributed by atoms with Gasteiger partial charge in [-0.1, -0.05) is 39.5 Å². The van der Waals surface area contributed by atoms with Crippen LogP contribution in [0.5, 0.6) is 0 Å². The lowest BCUT2D eigenvalue weighted by Crippen LogP contribution is -2.43. The second kappa shape index (κ2) is 11.1. The van der Waals surface area contributed by atoms with Crippen molar-refractivity contribution in [3.05, 3.63) is 0 Å². The molecule has 2 atom stereocenters. The van der Waals surface area contributed by atoms with Gasteiger partial charge in [0, 0.05) is 18.9 Å². The van der Waals surface area contributed by atoms with Gasteiger partial charge >= 0.3 is 12.0 Å². The van der Waals surface area contributed by atoms with E-state index in [1.54, 1.807) is 6.92 Å². The number of imide groups is 1. The summed E-state index contributed by atoms with van der Waals surface area (Å²) in [5.74, 6) is -1.68. The molecule has 122 valence electrons. The summed E-state index contributed by atoms with van der Waals surface area (Å²) in [6.45, 7) is 5.72. The molecular formula is C15H28N2O4. The Hall–Kier alpha value is -1.59. The van der Waals surface area contributed by atoms with Gasteiger partial charge in [-0.05, 0) is 19.3 Å². The number of carboxylic acids is 1. The number of carboxylic acid groups (broad SMARTS) is 1. The first kappa shape index (κ1) is 19.4. The van der Waals surface area contributed by atoms with Crippen molar-refractivity contribution in [3.63, 3.8) is 0 Å². The van der Waals surface area contributed by atoms with E-state index in [0.29, 0.717) is 0 Å². The van der Waals surface area contributed by atoms with Crippen LogP contribution in [-0.4, -0.2) is 29.1 Å². The fraction of sp³-hybridized carbons (Fsp3) is 0.800. The first-order chi connectivity index (χ1) is 9.85. The first-order valence-corrected chi connectivity index (χ1v) is 7.67. The third-order valence-electron chi connectivity index (χ3n) is 3.18. The molecule has 0 rings (SSSR count). The van der Waals surface area contributed by atoms with Gasteiger partial charge in [-0.3, -0.25) is 14.9 Å². The number of carbonyl (C=O) groups is 3. The highest BCUT2D eigenvalue weighted by molar-refractivity contribution is 5.94. The maximum Gasteiger partial charge on any atom is 0.321 e. The third-order valence-corrected chi connectivity index (χ3v) is 3.18. The van der Waals surface area contributed by atoms with Crippen LogP contribution in [0.1, 0.15) is 65.7 Å². The van der Waals surface area contributed by atoms with E-state index in [-0.39, 0.29) is 24.8 Å². The van der Waals surface area contributed by atoms with Crippen molar-refractivity contribution in [1.82, 2.24) is 10.6 Å². The lowest BCUT2D eigenvalue weighted by molar-refractivity contribution is -0.138. The van der Waals surface area contributed by atoms with Crippen LogP contribution >= 0.6 is 0 Å². The van der Waals surface area contributed by atoms with E-state index in [2.05, 4.69) is 17.6 Å². The summed E-state index contributed by atoms with van der Waals surface area (Å²) < 4.78 is 0. The van der Waals surface area contributed by atoms with Crippen LogP contribution in [0.25, 0.3) is 0 Å². The number of hydrogen-bond acceptors (Lipinski definition) is 3. The number of hydrogen-bond donors (Lipinski definition) is 3. The zero-order valence-electron chi connectivity index (χ0n) is 13.3. The van der Waals surface area contributed by atoms with E-state index in [9.17, 15) is 14.4 Å². The highest BCUT2D eigenvalue weighted by Gasteiger charge is 2.15. The highest BCUT2D eigenvalue weighted by atomic mass is 16.4. The molecule has 0 aliphatic rings. The predicted molar refractivity (Wildman–Crippen MR) is 80.9 cm³/mol. The van der Waals surface area contributed by atoms with Crippen molar-refractivity contribution in [2.75, 3.05) is 0 Å². The molecule has 0 spiro atoms. The molecule has 0 saturated heterocycles. The third kappa shape index (κ3) is 11.9. The van der Waals surface area contributed by atoms with Gasteiger partial charge < -0.3 is 10.4 Å². The van der Waals surface area contributed by atoms with Gasteiger partial charge in [0.25, 0.3) is 0 Å². The van der Waals surface area contributed by atoms with Gasteiger partial charge in [-0.2, -0.15) is 0 Å². The molecule has 0 aromatic rings. The quantitative estimate of drug-likeness (QED) is 0.540. The van der Waals surface area contributed by atoms with Gasteiger partial charge in [-0.25, -0.2) is 4.79 Å². The van der Waals surface area contributed by atoms with E-state index in [0.717, 1.165) is 19.3 Å². The molecule has 2 unspecified atom stereocenters. The van der Waals surface area contributed by atoms with E-state index in [1.807, 2.05) is 6.92 Å². The van der Waals surface area contributed by atoms with Gasteiger partial charge in [0.2, 0.25) is 5.91 Å². The molecule has 0 saturated carbocycles. The normalized spacial score (nSPS) is 13.3. The highest BCUT2D eigenvalue weighted by Crippen LogP contribution is 2.07. The van der Waals surface area contributed by atoms with Crippen LogP contribution in [-0.2, 0) is 9.59 Å². The van der Waals surface area contributed by atoms with Crippen LogP contribution in [0, 0.1) is 5.92 Å². The fourth-order valence-corrected chi connectivity index (χ4v) is 2.07. The molecule has 3 amide bonds. The van der Waals surface area contributed by atoms with Gasteiger partial charge in [0.15, 0.2) is 0 Å². The molecule has 0 aliphatic carbocycles. The molecule has 0 aliphatic heterocycles. The van der Waals surface area contributed by atoms with Gasteiger partial charge in [0.05, 0.1) is 0 Å². The summed E-state index contributed by atoms with van der Waals surface area (Å²) in [5, 5.41) is 13.6. The number of amides is 3. The summed E-state index contributed by atoms with van der Waals surface area (Å²) >= 11 is 0. The van der Waals surface area contributed by atoms with Crippen LogP contribution in [0.4, 0.5) is 4.79 Å². The number of unbranched alkanes of at least 4 members (excludes halogenated alkanes) is 3. The van der Waals surface area contributed by atoms with E-state index >= 15 is 0 Å². The SMILES string of the molecule is CCCCCCC(C)NC(=O)NC(=O)CC(C)CC(=O)O. The zero-order chi connectivity index (χ0) is 16.3. The van der Waals surface area contributed by atoms with Crippen molar-refractivity contribution in [2.45, 2.75) is 71.8 Å². The van der Waals surface area contributed by atoms with Crippen LogP contribution in [0.15, 0.2) is 0 Å². The molecule has 0 radical (unpaired) electrons. The molecule has 0 aromatic carbocycles. The lowest BCUT2D eigenvalue weighted by Gasteiger charge is -2.14. The fourth-order valence-electron chi connectivity index (χ4n) is 2.07. The Morgan fingerprint density at radius 3 is 2.29 bits per heavy atom. The van der Waals surface area contributed by atoms with Gasteiger partial charge in [0.1, 0.15) is 0 Å². The Balaban J connectivity index is 3.86. The minimum atomic E-state index is -0.944. The Morgan fingerprint density at radius 1 is 1.05 bits per heavy atom. The molecule has 0 heterocycles. The standard InChI is InChI=1S/C15H28N2O4/c1-4-5-6-7-8-12(3)16-15(21)17-13(18)9-11(2)10-14(19)20/h11-12H,4-10H2,1-3H3,(H,19,20)(H2,16,17,18,21). The predicted octanol–water partition coefficient (Wildman–Crippen LogP) is 2.67. The minimum Gasteiger partial charge on any atom is -0.481 e. The summed E-state index contributed by atoms with van der Waals surface area (Å²) in [4.78, 5) is 33.7. The average Bonchev–Trinajstić information content (AvgIpc) is 2.32. The lowest BCUT2D eigenvalue weighted by atomic mass is 10.0. The van der Waals surface area contributed by atoms with Crippen molar-refractivity contribution < 1.29 is 19.5 Å². The summed E-state index contributed by atoms with van der Waals surface area (Å²) in [6, 6.07) is -0.489. The molecule has 0 aromatic heterocycles. The number of urea groups is 1. The zero-order valence-corrected chi connectivity index (χ0v) is 13.3. The van der Waals surface area contributed by atoms with Crippen molar-refractivity contribution in [1.29, 1.82) is 0 Å². The summed E-state index contributed by atoms with van der Waals surface area (Å²) in [6.07, 6.45) is 5.41. The second-order valence-corrected chi connectivity index (χ2v) is 5.68. The number of rotatable bonds is 10. The molecule has 21 heavy (non-hydrogen) atoms. The number of aliphatic carboxylic acids is 1. The molecule has 0 bridgehead atoms. The Morgan fingerprint density at radius 2 is 1.71 bits per heavy atom. The topological polar surface area (TPSA) is 95.5 Å². The molecular weight excluding hydrogens is 272 g/mol. The minimum absolute atomic E-state index is 0.0195. The number of carbonyl (C=O) groups excluding carboxylic acids is 2. The van der Waals surface area contributed by atoms with E-state index in [4.69, 9.17) is 5.11 Å². The largest absolute Gasteiger partial charge is 0.481 e. The smallest absolute Gasteiger partial charge is 0.321 e. The molecule has 0 fully saturated rings. The first-order valence-electron chi connectivity index (χ1n) is 7.67. The second-order valence-electron chi connectivity index (χ2n) is 5.68. The molecule has 3 N–H and O–H groups in total. The van der Waals surface area contributed by atoms with Crippen molar-refractivity contribution >= 4 is 17.9 Å². The Bertz CT molecular complexity index is 345. The Kier molecular flexibility index (Phi) is 10.3. The summed E-state index contributed by atoms with van der Waals surface area (Å²) in [7, 11) is 0. The molecule has 6 heteroatoms. The maximum absolute atomic E-state index is 11.6. The van der Waals surface area contributed by atoms with E-state index < -0.39 is 17.9 Å². The van der Waals surface area contributed by atoms with Gasteiger partial charge in [-0.15, -0.1) is 0 Å². The van der Waals surface area contributed by atoms with Crippen LogP contribution < -0.4 is 10.6 Å². The van der Waals surface area contributed by atoms with Crippen molar-refractivity contribution in [2.24, 2.45) is 5.92 Å². The Labute approximate surface area is 126 Å². The van der Waals surface area contributed by atoms with Crippen molar-refractivity contribution in [3.8, 4) is 0 Å². The molecule has 6 nitrogen and oxygen atoms in total. The maximum atomic E-state index is 11.6. The number of nitrogens with one attached hydrogen (secondary N) is 2. The van der Waals surface area contributed by atoms with E-state index in [1.165, 1.54) is 12.8 Å². The van der Waals surface area contributed by atoms with Crippen LogP contribution in [0.2, 0.25) is 0 Å². The monoisotopic (exact) mass is 300 g/mol.